The molecule has 0 aliphatic heterocycles. The van der Waals surface area contributed by atoms with Gasteiger partial charge in [-0.15, -0.1) is 0 Å². The lowest BCUT2D eigenvalue weighted by Gasteiger charge is -2.29. The molecule has 0 spiro atoms. The van der Waals surface area contributed by atoms with Gasteiger partial charge in [0.25, 0.3) is 0 Å². The zero-order chi connectivity index (χ0) is 15.1. The Morgan fingerprint density at radius 3 is 2.35 bits per heavy atom. The molecule has 6 nitrogen and oxygen atoms in total. The second-order valence-corrected chi connectivity index (χ2v) is 5.56. The lowest BCUT2D eigenvalue weighted by Crippen LogP contribution is -2.42. The normalized spacial score (nSPS) is 23.7. The maximum absolute atomic E-state index is 11.8. The zero-order valence-electron chi connectivity index (χ0n) is 12.1. The van der Waals surface area contributed by atoms with E-state index in [1.807, 2.05) is 0 Å². The predicted octanol–water partition coefficient (Wildman–Crippen LogP) is 1.05. The zero-order valence-corrected chi connectivity index (χ0v) is 12.1. The molecule has 114 valence electrons. The van der Waals surface area contributed by atoms with Crippen LogP contribution in [0.15, 0.2) is 0 Å². The Morgan fingerprint density at radius 1 is 1.15 bits per heavy atom. The van der Waals surface area contributed by atoms with Gasteiger partial charge in [-0.25, -0.2) is 0 Å². The van der Waals surface area contributed by atoms with Gasteiger partial charge in [0.15, 0.2) is 0 Å². The van der Waals surface area contributed by atoms with Gasteiger partial charge in [-0.2, -0.15) is 0 Å². The van der Waals surface area contributed by atoms with Gasteiger partial charge in [0.1, 0.15) is 6.04 Å². The Kier molecular flexibility index (Phi) is 6.48. The first-order valence-corrected chi connectivity index (χ1v) is 7.21. The number of carboxylic acid groups (broad SMARTS) is 1. The van der Waals surface area contributed by atoms with Crippen LogP contribution in [0, 0.1) is 5.92 Å². The number of carbonyl (C=O) groups excluding carboxylic acids is 2. The van der Waals surface area contributed by atoms with Gasteiger partial charge in [-0.05, 0) is 25.7 Å². The second-order valence-electron chi connectivity index (χ2n) is 5.56. The van der Waals surface area contributed by atoms with E-state index >= 15 is 0 Å². The molecule has 1 aliphatic carbocycles. The molecule has 1 aliphatic rings. The summed E-state index contributed by atoms with van der Waals surface area (Å²) in [6.07, 6.45) is 4.58. The van der Waals surface area contributed by atoms with Crippen molar-refractivity contribution in [1.29, 1.82) is 0 Å². The van der Waals surface area contributed by atoms with Gasteiger partial charge in [-0.1, -0.05) is 19.8 Å². The molecule has 0 radical (unpaired) electrons. The largest absolute Gasteiger partial charge is 0.480 e. The molecule has 0 heterocycles. The standard InChI is InChI=1S/C14H24N2O4/c1-9-5-3-4-6-11(9)16-13(18)8-7-12(17)15-10(2)14(19)20/h9-11H,3-8H2,1-2H3,(H,15,17)(H,16,18)(H,19,20). The highest BCUT2D eigenvalue weighted by molar-refractivity contribution is 5.86. The first-order valence-electron chi connectivity index (χ1n) is 7.21. The molecule has 1 rings (SSSR count). The third-order valence-electron chi connectivity index (χ3n) is 3.78. The van der Waals surface area contributed by atoms with Crippen LogP contribution in [0.5, 0.6) is 0 Å². The highest BCUT2D eigenvalue weighted by atomic mass is 16.4. The van der Waals surface area contributed by atoms with Gasteiger partial charge >= 0.3 is 5.97 Å². The van der Waals surface area contributed by atoms with Crippen molar-refractivity contribution in [3.63, 3.8) is 0 Å². The molecule has 1 saturated carbocycles. The van der Waals surface area contributed by atoms with Gasteiger partial charge in [0.05, 0.1) is 0 Å². The maximum atomic E-state index is 11.8. The molecule has 6 heteroatoms. The highest BCUT2D eigenvalue weighted by Gasteiger charge is 2.23. The van der Waals surface area contributed by atoms with E-state index < -0.39 is 17.9 Å². The van der Waals surface area contributed by atoms with E-state index in [0.717, 1.165) is 19.3 Å². The molecule has 1 fully saturated rings. The summed E-state index contributed by atoms with van der Waals surface area (Å²) >= 11 is 0. The number of aliphatic carboxylic acids is 1. The van der Waals surface area contributed by atoms with Crippen molar-refractivity contribution in [2.45, 2.75) is 64.5 Å². The van der Waals surface area contributed by atoms with Crippen LogP contribution in [0.2, 0.25) is 0 Å². The van der Waals surface area contributed by atoms with Crippen molar-refractivity contribution in [3.8, 4) is 0 Å². The van der Waals surface area contributed by atoms with Crippen molar-refractivity contribution in [2.24, 2.45) is 5.92 Å². The third-order valence-corrected chi connectivity index (χ3v) is 3.78. The van der Waals surface area contributed by atoms with Gasteiger partial charge in [0.2, 0.25) is 11.8 Å². The molecule has 3 atom stereocenters. The Morgan fingerprint density at radius 2 is 1.75 bits per heavy atom. The molecular formula is C14H24N2O4. The maximum Gasteiger partial charge on any atom is 0.325 e. The lowest BCUT2D eigenvalue weighted by molar-refractivity contribution is -0.141. The van der Waals surface area contributed by atoms with E-state index in [0.29, 0.717) is 5.92 Å². The van der Waals surface area contributed by atoms with Crippen LogP contribution < -0.4 is 10.6 Å². The lowest BCUT2D eigenvalue weighted by atomic mass is 9.86. The van der Waals surface area contributed by atoms with Crippen molar-refractivity contribution >= 4 is 17.8 Å². The molecule has 2 amide bonds. The Labute approximate surface area is 119 Å². The minimum Gasteiger partial charge on any atom is -0.480 e. The first kappa shape index (κ1) is 16.5. The number of rotatable bonds is 6. The van der Waals surface area contributed by atoms with Crippen molar-refractivity contribution in [2.75, 3.05) is 0 Å². The summed E-state index contributed by atoms with van der Waals surface area (Å²) in [5.41, 5.74) is 0. The molecule has 20 heavy (non-hydrogen) atoms. The first-order chi connectivity index (χ1) is 9.40. The summed E-state index contributed by atoms with van der Waals surface area (Å²) < 4.78 is 0. The molecule has 0 aromatic heterocycles. The van der Waals surface area contributed by atoms with Crippen LogP contribution in [0.3, 0.4) is 0 Å². The Balaban J connectivity index is 2.25. The van der Waals surface area contributed by atoms with Crippen LogP contribution in [-0.2, 0) is 14.4 Å². The topological polar surface area (TPSA) is 95.5 Å². The second kappa shape index (κ2) is 7.87. The van der Waals surface area contributed by atoms with E-state index in [9.17, 15) is 14.4 Å². The van der Waals surface area contributed by atoms with E-state index in [-0.39, 0.29) is 24.8 Å². The molecule has 0 aromatic rings. The van der Waals surface area contributed by atoms with Crippen LogP contribution in [-0.4, -0.2) is 35.0 Å². The number of carboxylic acids is 1. The fourth-order valence-corrected chi connectivity index (χ4v) is 2.41. The van der Waals surface area contributed by atoms with E-state index in [2.05, 4.69) is 17.6 Å². The quantitative estimate of drug-likeness (QED) is 0.679. The van der Waals surface area contributed by atoms with Gasteiger partial charge in [0, 0.05) is 18.9 Å². The highest BCUT2D eigenvalue weighted by Crippen LogP contribution is 2.23. The van der Waals surface area contributed by atoms with Crippen molar-refractivity contribution < 1.29 is 19.5 Å². The van der Waals surface area contributed by atoms with Crippen molar-refractivity contribution in [1.82, 2.24) is 10.6 Å². The van der Waals surface area contributed by atoms with Gasteiger partial charge in [-0.3, -0.25) is 14.4 Å². The number of amides is 2. The molecule has 3 unspecified atom stereocenters. The fraction of sp³-hybridized carbons (Fsp3) is 0.786. The van der Waals surface area contributed by atoms with Crippen LogP contribution in [0.4, 0.5) is 0 Å². The number of hydrogen-bond acceptors (Lipinski definition) is 3. The summed E-state index contributed by atoms with van der Waals surface area (Å²) in [7, 11) is 0. The Bertz CT molecular complexity index is 370. The summed E-state index contributed by atoms with van der Waals surface area (Å²) in [5, 5.41) is 14.0. The van der Waals surface area contributed by atoms with Crippen molar-refractivity contribution in [3.05, 3.63) is 0 Å². The minimum atomic E-state index is -1.08. The molecule has 3 N–H and O–H groups in total. The average Bonchev–Trinajstić information content (AvgIpc) is 2.39. The number of carbonyl (C=O) groups is 3. The predicted molar refractivity (Wildman–Crippen MR) is 74.0 cm³/mol. The number of nitrogens with one attached hydrogen (secondary N) is 2. The molecule has 0 bridgehead atoms. The van der Waals surface area contributed by atoms with Crippen LogP contribution in [0.25, 0.3) is 0 Å². The summed E-state index contributed by atoms with van der Waals surface area (Å²) in [6, 6.07) is -0.721. The van der Waals surface area contributed by atoms with E-state index in [4.69, 9.17) is 5.11 Å². The molecular weight excluding hydrogens is 260 g/mol. The van der Waals surface area contributed by atoms with Gasteiger partial charge < -0.3 is 15.7 Å². The van der Waals surface area contributed by atoms with Crippen LogP contribution in [0.1, 0.15) is 52.4 Å². The SMILES string of the molecule is CC(NC(=O)CCC(=O)NC1CCCCC1C)C(=O)O. The number of hydrogen-bond donors (Lipinski definition) is 3. The summed E-state index contributed by atoms with van der Waals surface area (Å²) in [6.45, 7) is 3.52. The van der Waals surface area contributed by atoms with E-state index in [1.54, 1.807) is 0 Å². The third kappa shape index (κ3) is 5.59. The Hall–Kier alpha value is -1.59. The van der Waals surface area contributed by atoms with E-state index in [1.165, 1.54) is 13.3 Å². The van der Waals surface area contributed by atoms with Crippen LogP contribution >= 0.6 is 0 Å². The fourth-order valence-electron chi connectivity index (χ4n) is 2.41. The summed E-state index contributed by atoms with van der Waals surface area (Å²) in [4.78, 5) is 33.8. The monoisotopic (exact) mass is 284 g/mol. The summed E-state index contributed by atoms with van der Waals surface area (Å²) in [5.74, 6) is -1.15. The molecule has 0 saturated heterocycles. The average molecular weight is 284 g/mol. The minimum absolute atomic E-state index is 0.0184. The smallest absolute Gasteiger partial charge is 0.325 e. The molecule has 0 aromatic carbocycles.